The maximum absolute atomic E-state index is 12.5. The van der Waals surface area contributed by atoms with E-state index in [4.69, 9.17) is 4.74 Å². The number of methoxy groups -OCH3 is 1. The fourth-order valence-electron chi connectivity index (χ4n) is 2.92. The molecule has 1 fully saturated rings. The van der Waals surface area contributed by atoms with E-state index < -0.39 is 0 Å². The Morgan fingerprint density at radius 2 is 2.11 bits per heavy atom. The number of Topliss-reactive ketones (excluding diaryl/α,β-unsaturated/α-hetero) is 1. The molecule has 1 heterocycles. The number of aromatic nitrogens is 1. The first kappa shape index (κ1) is 11.3. The highest BCUT2D eigenvalue weighted by atomic mass is 16.5. The van der Waals surface area contributed by atoms with Crippen molar-refractivity contribution in [1.82, 2.24) is 4.98 Å². The van der Waals surface area contributed by atoms with Crippen molar-refractivity contribution in [3.05, 3.63) is 30.0 Å². The molecule has 1 aliphatic carbocycles. The lowest BCUT2D eigenvalue weighted by Gasteiger charge is -2.08. The fraction of sp³-hybridized carbons (Fsp3) is 0.400. The molecule has 0 spiro atoms. The molecular weight excluding hydrogens is 226 g/mol. The molecule has 1 saturated carbocycles. The molecule has 3 heteroatoms. The second-order valence-electron chi connectivity index (χ2n) is 4.93. The van der Waals surface area contributed by atoms with Gasteiger partial charge in [-0.15, -0.1) is 0 Å². The standard InChI is InChI=1S/C15H17NO2/c1-18-13-8-4-7-12-14(13)11(9-16-12)15(17)10-5-2-3-6-10/h4,7-10,16H,2-3,5-6H2,1H3. The Hall–Kier alpha value is -1.77. The summed E-state index contributed by atoms with van der Waals surface area (Å²) in [6, 6.07) is 5.81. The van der Waals surface area contributed by atoms with Gasteiger partial charge in [0.15, 0.2) is 5.78 Å². The van der Waals surface area contributed by atoms with Gasteiger partial charge in [-0.2, -0.15) is 0 Å². The van der Waals surface area contributed by atoms with Gasteiger partial charge in [0, 0.05) is 23.2 Å². The number of fused-ring (bicyclic) bond motifs is 1. The molecule has 3 rings (SSSR count). The van der Waals surface area contributed by atoms with Gasteiger partial charge in [0.1, 0.15) is 5.75 Å². The molecule has 1 N–H and O–H groups in total. The zero-order chi connectivity index (χ0) is 12.5. The van der Waals surface area contributed by atoms with Crippen molar-refractivity contribution in [1.29, 1.82) is 0 Å². The summed E-state index contributed by atoms with van der Waals surface area (Å²) in [5.74, 6) is 1.24. The van der Waals surface area contributed by atoms with E-state index in [0.29, 0.717) is 0 Å². The van der Waals surface area contributed by atoms with Crippen molar-refractivity contribution in [2.75, 3.05) is 7.11 Å². The third-order valence-electron chi connectivity index (χ3n) is 3.88. The third-order valence-corrected chi connectivity index (χ3v) is 3.88. The SMILES string of the molecule is COc1cccc2[nH]cc(C(=O)C3CCCC3)c12. The van der Waals surface area contributed by atoms with Crippen molar-refractivity contribution in [2.45, 2.75) is 25.7 Å². The van der Waals surface area contributed by atoms with Crippen molar-refractivity contribution < 1.29 is 9.53 Å². The van der Waals surface area contributed by atoms with Crippen LogP contribution in [0.1, 0.15) is 36.0 Å². The van der Waals surface area contributed by atoms with Gasteiger partial charge in [0.2, 0.25) is 0 Å². The fourth-order valence-corrected chi connectivity index (χ4v) is 2.92. The highest BCUT2D eigenvalue weighted by molar-refractivity contribution is 6.10. The van der Waals surface area contributed by atoms with Gasteiger partial charge < -0.3 is 9.72 Å². The van der Waals surface area contributed by atoms with Crippen LogP contribution in [0.3, 0.4) is 0 Å². The second-order valence-corrected chi connectivity index (χ2v) is 4.93. The predicted molar refractivity (Wildman–Crippen MR) is 71.1 cm³/mol. The summed E-state index contributed by atoms with van der Waals surface area (Å²) < 4.78 is 5.37. The van der Waals surface area contributed by atoms with Crippen LogP contribution in [0, 0.1) is 5.92 Å². The highest BCUT2D eigenvalue weighted by Gasteiger charge is 2.26. The Morgan fingerprint density at radius 3 is 2.83 bits per heavy atom. The average molecular weight is 243 g/mol. The molecule has 1 aromatic carbocycles. The first-order valence-electron chi connectivity index (χ1n) is 6.49. The number of rotatable bonds is 3. The number of aromatic amines is 1. The average Bonchev–Trinajstić information content (AvgIpc) is 3.06. The molecule has 0 amide bonds. The smallest absolute Gasteiger partial charge is 0.168 e. The van der Waals surface area contributed by atoms with E-state index in [1.54, 1.807) is 7.11 Å². The topological polar surface area (TPSA) is 42.1 Å². The van der Waals surface area contributed by atoms with E-state index in [-0.39, 0.29) is 11.7 Å². The zero-order valence-corrected chi connectivity index (χ0v) is 10.5. The van der Waals surface area contributed by atoms with Crippen molar-refractivity contribution in [3.8, 4) is 5.75 Å². The van der Waals surface area contributed by atoms with E-state index in [2.05, 4.69) is 4.98 Å². The minimum absolute atomic E-state index is 0.203. The van der Waals surface area contributed by atoms with Crippen LogP contribution in [0.2, 0.25) is 0 Å². The summed E-state index contributed by atoms with van der Waals surface area (Å²) >= 11 is 0. The monoisotopic (exact) mass is 243 g/mol. The van der Waals surface area contributed by atoms with Crippen LogP contribution in [0.4, 0.5) is 0 Å². The van der Waals surface area contributed by atoms with Crippen molar-refractivity contribution in [2.24, 2.45) is 5.92 Å². The Morgan fingerprint density at radius 1 is 1.33 bits per heavy atom. The van der Waals surface area contributed by atoms with E-state index in [1.807, 2.05) is 24.4 Å². The molecule has 94 valence electrons. The normalized spacial score (nSPS) is 16.3. The van der Waals surface area contributed by atoms with Crippen LogP contribution in [0.25, 0.3) is 10.9 Å². The minimum Gasteiger partial charge on any atom is -0.496 e. The number of H-pyrrole nitrogens is 1. The Bertz CT molecular complexity index is 579. The summed E-state index contributed by atoms with van der Waals surface area (Å²) in [5, 5.41) is 0.928. The molecule has 1 aliphatic rings. The van der Waals surface area contributed by atoms with Crippen LogP contribution in [-0.4, -0.2) is 17.9 Å². The van der Waals surface area contributed by atoms with Crippen molar-refractivity contribution >= 4 is 16.7 Å². The van der Waals surface area contributed by atoms with Crippen LogP contribution in [0.15, 0.2) is 24.4 Å². The van der Waals surface area contributed by atoms with Gasteiger partial charge in [0.05, 0.1) is 12.5 Å². The third kappa shape index (κ3) is 1.70. The predicted octanol–water partition coefficient (Wildman–Crippen LogP) is 3.55. The van der Waals surface area contributed by atoms with Crippen molar-refractivity contribution in [3.63, 3.8) is 0 Å². The molecule has 0 bridgehead atoms. The molecular formula is C15H17NO2. The number of ether oxygens (including phenoxy) is 1. The Labute approximate surface area is 106 Å². The summed E-state index contributed by atoms with van der Waals surface area (Å²) in [5.41, 5.74) is 1.75. The number of carbonyl (C=O) groups excluding carboxylic acids is 1. The first-order chi connectivity index (χ1) is 8.81. The molecule has 18 heavy (non-hydrogen) atoms. The highest BCUT2D eigenvalue weighted by Crippen LogP contribution is 2.34. The maximum Gasteiger partial charge on any atom is 0.168 e. The summed E-state index contributed by atoms with van der Waals surface area (Å²) in [4.78, 5) is 15.7. The lowest BCUT2D eigenvalue weighted by Crippen LogP contribution is -2.10. The molecule has 0 aliphatic heterocycles. The summed E-state index contributed by atoms with van der Waals surface area (Å²) in [6.45, 7) is 0. The van der Waals surface area contributed by atoms with Gasteiger partial charge in [0.25, 0.3) is 0 Å². The van der Waals surface area contributed by atoms with E-state index >= 15 is 0 Å². The van der Waals surface area contributed by atoms with Gasteiger partial charge in [-0.25, -0.2) is 0 Å². The lowest BCUT2D eigenvalue weighted by atomic mass is 9.96. The second kappa shape index (κ2) is 4.48. The van der Waals surface area contributed by atoms with Crippen LogP contribution < -0.4 is 4.74 Å². The molecule has 3 nitrogen and oxygen atoms in total. The molecule has 1 aromatic heterocycles. The van der Waals surface area contributed by atoms with Gasteiger partial charge in [-0.05, 0) is 25.0 Å². The quantitative estimate of drug-likeness (QED) is 0.838. The number of nitrogens with one attached hydrogen (secondary N) is 1. The number of carbonyl (C=O) groups is 1. The maximum atomic E-state index is 12.5. The van der Waals surface area contributed by atoms with E-state index in [1.165, 1.54) is 12.8 Å². The summed E-state index contributed by atoms with van der Waals surface area (Å²) in [6.07, 6.45) is 6.24. The van der Waals surface area contributed by atoms with Gasteiger partial charge in [-0.1, -0.05) is 18.9 Å². The van der Waals surface area contributed by atoms with E-state index in [0.717, 1.165) is 35.1 Å². The van der Waals surface area contributed by atoms with Crippen LogP contribution >= 0.6 is 0 Å². The number of hydrogen-bond acceptors (Lipinski definition) is 2. The van der Waals surface area contributed by atoms with Gasteiger partial charge in [-0.3, -0.25) is 4.79 Å². The molecule has 0 radical (unpaired) electrons. The number of ketones is 1. The molecule has 2 aromatic rings. The Balaban J connectivity index is 2.08. The lowest BCUT2D eigenvalue weighted by molar-refractivity contribution is 0.0924. The first-order valence-corrected chi connectivity index (χ1v) is 6.49. The molecule has 0 unspecified atom stereocenters. The largest absolute Gasteiger partial charge is 0.496 e. The van der Waals surface area contributed by atoms with Crippen LogP contribution in [0.5, 0.6) is 5.75 Å². The summed E-state index contributed by atoms with van der Waals surface area (Å²) in [7, 11) is 1.64. The van der Waals surface area contributed by atoms with Gasteiger partial charge >= 0.3 is 0 Å². The molecule has 0 saturated heterocycles. The Kier molecular flexibility index (Phi) is 2.82. The molecule has 0 atom stereocenters. The minimum atomic E-state index is 0.203. The van der Waals surface area contributed by atoms with Crippen LogP contribution in [-0.2, 0) is 0 Å². The number of benzene rings is 1. The number of hydrogen-bond donors (Lipinski definition) is 1. The zero-order valence-electron chi connectivity index (χ0n) is 10.5. The van der Waals surface area contributed by atoms with E-state index in [9.17, 15) is 4.79 Å².